The fourth-order valence-corrected chi connectivity index (χ4v) is 4.56. The molecule has 0 bridgehead atoms. The van der Waals surface area contributed by atoms with Gasteiger partial charge in [-0.25, -0.2) is 4.68 Å². The Hall–Kier alpha value is -2.67. The molecule has 0 aliphatic carbocycles. The summed E-state index contributed by atoms with van der Waals surface area (Å²) in [6.07, 6.45) is 4.95. The number of benzene rings is 2. The molecule has 3 aromatic rings. The summed E-state index contributed by atoms with van der Waals surface area (Å²) in [7, 11) is 0. The molecule has 35 heavy (non-hydrogen) atoms. The van der Waals surface area contributed by atoms with E-state index in [4.69, 9.17) is 21.4 Å². The van der Waals surface area contributed by atoms with Crippen molar-refractivity contribution < 1.29 is 9.53 Å². The lowest BCUT2D eigenvalue weighted by Gasteiger charge is -2.31. The Morgan fingerprint density at radius 3 is 2.51 bits per heavy atom. The Morgan fingerprint density at radius 2 is 1.83 bits per heavy atom. The molecule has 4 rings (SSSR count). The smallest absolute Gasteiger partial charge is 0.223 e. The first-order valence-corrected chi connectivity index (χ1v) is 12.9. The summed E-state index contributed by atoms with van der Waals surface area (Å²) in [6, 6.07) is 18.0. The molecule has 7 heteroatoms. The molecule has 0 unspecified atom stereocenters. The van der Waals surface area contributed by atoms with Gasteiger partial charge >= 0.3 is 0 Å². The first-order valence-electron chi connectivity index (χ1n) is 12.5. The molecule has 1 fully saturated rings. The maximum atomic E-state index is 12.6. The first kappa shape index (κ1) is 25.4. The lowest BCUT2D eigenvalue weighted by molar-refractivity contribution is -0.126. The van der Waals surface area contributed by atoms with E-state index in [0.717, 1.165) is 55.8 Å². The third kappa shape index (κ3) is 7.17. The van der Waals surface area contributed by atoms with Crippen LogP contribution in [0, 0.1) is 5.92 Å². The summed E-state index contributed by atoms with van der Waals surface area (Å²) in [4.78, 5) is 15.0. The second-order valence-electron chi connectivity index (χ2n) is 9.40. The lowest BCUT2D eigenvalue weighted by Crippen LogP contribution is -2.40. The summed E-state index contributed by atoms with van der Waals surface area (Å²) in [5, 5.41) is 8.72. The Bertz CT molecular complexity index is 1070. The molecule has 2 aromatic carbocycles. The van der Waals surface area contributed by atoms with E-state index in [1.165, 1.54) is 5.56 Å². The van der Waals surface area contributed by atoms with E-state index in [9.17, 15) is 4.79 Å². The second kappa shape index (κ2) is 12.3. The molecule has 0 spiro atoms. The topological polar surface area (TPSA) is 59.4 Å². The van der Waals surface area contributed by atoms with E-state index >= 15 is 0 Å². The van der Waals surface area contributed by atoms with Gasteiger partial charge in [0.05, 0.1) is 17.5 Å². The number of aromatic nitrogens is 2. The van der Waals surface area contributed by atoms with Crippen molar-refractivity contribution in [3.63, 3.8) is 0 Å². The number of carbonyl (C=O) groups is 1. The Labute approximate surface area is 213 Å². The van der Waals surface area contributed by atoms with Crippen LogP contribution in [-0.4, -0.2) is 52.9 Å². The third-order valence-electron chi connectivity index (χ3n) is 6.35. The molecule has 1 aliphatic heterocycles. The normalized spacial score (nSPS) is 15.0. The van der Waals surface area contributed by atoms with Gasteiger partial charge in [-0.1, -0.05) is 41.9 Å². The van der Waals surface area contributed by atoms with Gasteiger partial charge in [-0.15, -0.1) is 0 Å². The fraction of sp³-hybridized carbons (Fsp3) is 0.429. The van der Waals surface area contributed by atoms with Crippen molar-refractivity contribution in [1.29, 1.82) is 0 Å². The van der Waals surface area contributed by atoms with Crippen LogP contribution >= 0.6 is 11.6 Å². The quantitative estimate of drug-likeness (QED) is 0.387. The van der Waals surface area contributed by atoms with E-state index in [1.54, 1.807) is 0 Å². The average Bonchev–Trinajstić information content (AvgIpc) is 3.28. The van der Waals surface area contributed by atoms with Gasteiger partial charge in [0, 0.05) is 48.0 Å². The number of halogens is 1. The molecule has 1 saturated heterocycles. The summed E-state index contributed by atoms with van der Waals surface area (Å²) >= 11 is 6.12. The predicted octanol–water partition coefficient (Wildman–Crippen LogP) is 5.34. The molecular formula is C28H35ClN4O2. The number of hydrogen-bond donors (Lipinski definition) is 1. The van der Waals surface area contributed by atoms with Crippen molar-refractivity contribution in [3.8, 4) is 16.9 Å². The Balaban J connectivity index is 1.37. The Morgan fingerprint density at radius 1 is 1.11 bits per heavy atom. The highest BCUT2D eigenvalue weighted by Crippen LogP contribution is 2.28. The average molecular weight is 495 g/mol. The summed E-state index contributed by atoms with van der Waals surface area (Å²) in [5.41, 5.74) is 4.22. The van der Waals surface area contributed by atoms with Crippen molar-refractivity contribution in [1.82, 2.24) is 20.0 Å². The van der Waals surface area contributed by atoms with Crippen molar-refractivity contribution in [3.05, 3.63) is 71.4 Å². The number of piperidine rings is 1. The number of carbonyl (C=O) groups excluding carboxylic acids is 1. The maximum Gasteiger partial charge on any atom is 0.223 e. The number of nitrogens with zero attached hydrogens (tertiary/aromatic N) is 3. The van der Waals surface area contributed by atoms with Gasteiger partial charge < -0.3 is 10.1 Å². The number of likely N-dealkylation sites (tertiary alicyclic amines) is 1. The standard InChI is InChI=1S/C28H35ClN4O2/c1-21(2)35-18-6-15-30-28(34)23-13-16-32(17-14-23)19-24-20-33(26-7-4-3-5-8-26)31-27(24)22-9-11-25(29)12-10-22/h3-5,7-12,20-21,23H,6,13-19H2,1-2H3,(H,30,34). The van der Waals surface area contributed by atoms with Crippen molar-refractivity contribution in [2.45, 2.75) is 45.8 Å². The van der Waals surface area contributed by atoms with E-state index in [0.29, 0.717) is 18.2 Å². The van der Waals surface area contributed by atoms with Gasteiger partial charge in [0.15, 0.2) is 0 Å². The molecule has 1 aromatic heterocycles. The van der Waals surface area contributed by atoms with Crippen LogP contribution in [0.1, 0.15) is 38.7 Å². The summed E-state index contributed by atoms with van der Waals surface area (Å²) < 4.78 is 7.49. The highest BCUT2D eigenvalue weighted by atomic mass is 35.5. The number of amides is 1. The van der Waals surface area contributed by atoms with Crippen LogP contribution in [0.15, 0.2) is 60.8 Å². The van der Waals surface area contributed by atoms with Crippen LogP contribution in [0.5, 0.6) is 0 Å². The minimum Gasteiger partial charge on any atom is -0.379 e. The molecular weight excluding hydrogens is 460 g/mol. The second-order valence-corrected chi connectivity index (χ2v) is 9.84. The number of para-hydroxylation sites is 1. The SMILES string of the molecule is CC(C)OCCCNC(=O)C1CCN(Cc2cn(-c3ccccc3)nc2-c2ccc(Cl)cc2)CC1. The monoisotopic (exact) mass is 494 g/mol. The van der Waals surface area contributed by atoms with Crippen LogP contribution in [0.3, 0.4) is 0 Å². The molecule has 1 amide bonds. The Kier molecular flexibility index (Phi) is 8.96. The number of nitrogens with one attached hydrogen (secondary N) is 1. The zero-order valence-electron chi connectivity index (χ0n) is 20.6. The molecule has 0 atom stereocenters. The fourth-order valence-electron chi connectivity index (χ4n) is 4.43. The molecule has 1 aliphatic rings. The zero-order valence-corrected chi connectivity index (χ0v) is 21.4. The molecule has 0 radical (unpaired) electrons. The van der Waals surface area contributed by atoms with Gasteiger partial charge in [0.2, 0.25) is 5.91 Å². The molecule has 0 saturated carbocycles. The number of hydrogen-bond acceptors (Lipinski definition) is 4. The summed E-state index contributed by atoms with van der Waals surface area (Å²) in [6.45, 7) is 7.99. The van der Waals surface area contributed by atoms with Crippen molar-refractivity contribution >= 4 is 17.5 Å². The minimum absolute atomic E-state index is 0.0834. The van der Waals surface area contributed by atoms with Crippen LogP contribution in [0.2, 0.25) is 5.02 Å². The first-order chi connectivity index (χ1) is 17.0. The maximum absolute atomic E-state index is 12.6. The highest BCUT2D eigenvalue weighted by Gasteiger charge is 2.26. The molecule has 186 valence electrons. The van der Waals surface area contributed by atoms with Crippen LogP contribution in [0.25, 0.3) is 16.9 Å². The lowest BCUT2D eigenvalue weighted by atomic mass is 9.95. The third-order valence-corrected chi connectivity index (χ3v) is 6.60. The molecule has 1 N–H and O–H groups in total. The van der Waals surface area contributed by atoms with Gasteiger partial charge in [-0.3, -0.25) is 9.69 Å². The molecule has 6 nitrogen and oxygen atoms in total. The van der Waals surface area contributed by atoms with E-state index in [1.807, 2.05) is 61.0 Å². The van der Waals surface area contributed by atoms with E-state index < -0.39 is 0 Å². The van der Waals surface area contributed by atoms with Gasteiger partial charge in [-0.2, -0.15) is 5.10 Å². The van der Waals surface area contributed by atoms with Crippen molar-refractivity contribution in [2.24, 2.45) is 5.92 Å². The van der Waals surface area contributed by atoms with Gasteiger partial charge in [0.25, 0.3) is 0 Å². The van der Waals surface area contributed by atoms with Crippen LogP contribution < -0.4 is 5.32 Å². The van der Waals surface area contributed by atoms with Crippen LogP contribution in [0.4, 0.5) is 0 Å². The predicted molar refractivity (Wildman–Crippen MR) is 141 cm³/mol. The zero-order chi connectivity index (χ0) is 24.6. The van der Waals surface area contributed by atoms with Crippen LogP contribution in [-0.2, 0) is 16.1 Å². The van der Waals surface area contributed by atoms with Crippen molar-refractivity contribution in [2.75, 3.05) is 26.2 Å². The number of rotatable bonds is 10. The van der Waals surface area contributed by atoms with E-state index in [-0.39, 0.29) is 17.9 Å². The number of ether oxygens (including phenoxy) is 1. The van der Waals surface area contributed by atoms with E-state index in [2.05, 4.69) is 28.5 Å². The largest absolute Gasteiger partial charge is 0.379 e. The molecule has 2 heterocycles. The summed E-state index contributed by atoms with van der Waals surface area (Å²) in [5.74, 6) is 0.257. The highest BCUT2D eigenvalue weighted by molar-refractivity contribution is 6.30. The van der Waals surface area contributed by atoms with Gasteiger partial charge in [0.1, 0.15) is 0 Å². The van der Waals surface area contributed by atoms with Gasteiger partial charge in [-0.05, 0) is 70.5 Å². The minimum atomic E-state index is 0.0834.